The normalized spacial score (nSPS) is 10.4. The average Bonchev–Trinajstić information content (AvgIpc) is 2.23. The van der Waals surface area contributed by atoms with E-state index in [9.17, 15) is 8.78 Å². The van der Waals surface area contributed by atoms with Crippen LogP contribution < -0.4 is 10.5 Å². The van der Waals surface area contributed by atoms with Crippen molar-refractivity contribution in [3.8, 4) is 11.6 Å². The minimum atomic E-state index is -1.11. The molecule has 0 spiro atoms. The van der Waals surface area contributed by atoms with E-state index in [1.165, 1.54) is 18.2 Å². The molecule has 0 radical (unpaired) electrons. The number of pyridine rings is 1. The number of anilines is 1. The third-order valence-corrected chi connectivity index (χ3v) is 2.62. The monoisotopic (exact) mass is 334 g/mol. The smallest absolute Gasteiger partial charge is 0.222 e. The summed E-state index contributed by atoms with van der Waals surface area (Å²) < 4.78 is 32.1. The fraction of sp³-hybridized carbons (Fsp3) is 0. The Morgan fingerprint density at radius 2 is 1.94 bits per heavy atom. The summed E-state index contributed by atoms with van der Waals surface area (Å²) in [6, 6.07) is 5.02. The van der Waals surface area contributed by atoms with Gasteiger partial charge in [0.25, 0.3) is 0 Å². The molecule has 1 aromatic heterocycles. The molecule has 3 nitrogen and oxygen atoms in total. The highest BCUT2D eigenvalue weighted by Crippen LogP contribution is 2.30. The van der Waals surface area contributed by atoms with Crippen molar-refractivity contribution in [2.75, 3.05) is 5.73 Å². The number of nitrogen functional groups attached to an aromatic ring is 1. The highest BCUT2D eigenvalue weighted by Gasteiger charge is 2.13. The molecule has 0 unspecified atom stereocenters. The summed E-state index contributed by atoms with van der Waals surface area (Å²) in [5.41, 5.74) is 5.84. The molecule has 0 saturated heterocycles. The summed E-state index contributed by atoms with van der Waals surface area (Å²) in [4.78, 5) is 3.79. The number of hydrogen-bond acceptors (Lipinski definition) is 3. The molecule has 2 aromatic rings. The van der Waals surface area contributed by atoms with Gasteiger partial charge in [0.15, 0.2) is 11.6 Å². The number of hydrogen-bond donors (Lipinski definition) is 1. The predicted octanol–water partition coefficient (Wildman–Crippen LogP) is 4.15. The molecule has 1 aromatic carbocycles. The first-order valence-electron chi connectivity index (χ1n) is 4.71. The first kappa shape index (κ1) is 13.0. The van der Waals surface area contributed by atoms with Crippen molar-refractivity contribution in [3.05, 3.63) is 45.5 Å². The van der Waals surface area contributed by atoms with Gasteiger partial charge in [-0.1, -0.05) is 27.5 Å². The topological polar surface area (TPSA) is 48.1 Å². The lowest BCUT2D eigenvalue weighted by Crippen LogP contribution is -1.95. The fourth-order valence-electron chi connectivity index (χ4n) is 1.26. The van der Waals surface area contributed by atoms with Crippen LogP contribution in [0.2, 0.25) is 5.15 Å². The van der Waals surface area contributed by atoms with E-state index in [1.807, 2.05) is 0 Å². The van der Waals surface area contributed by atoms with Gasteiger partial charge in [-0.2, -0.15) is 4.39 Å². The van der Waals surface area contributed by atoms with E-state index in [-0.39, 0.29) is 16.8 Å². The molecule has 0 aliphatic rings. The van der Waals surface area contributed by atoms with Gasteiger partial charge in [-0.15, -0.1) is 0 Å². The predicted molar refractivity (Wildman–Crippen MR) is 67.8 cm³/mol. The summed E-state index contributed by atoms with van der Waals surface area (Å²) in [7, 11) is 0. The van der Waals surface area contributed by atoms with E-state index < -0.39 is 11.6 Å². The molecule has 2 N–H and O–H groups in total. The Kier molecular flexibility index (Phi) is 3.68. The molecule has 2 rings (SSSR count). The summed E-state index contributed by atoms with van der Waals surface area (Å²) >= 11 is 8.70. The zero-order valence-electron chi connectivity index (χ0n) is 8.75. The quantitative estimate of drug-likeness (QED) is 0.662. The lowest BCUT2D eigenvalue weighted by molar-refractivity contribution is 0.405. The highest BCUT2D eigenvalue weighted by molar-refractivity contribution is 9.10. The van der Waals surface area contributed by atoms with Gasteiger partial charge in [-0.3, -0.25) is 0 Å². The van der Waals surface area contributed by atoms with Crippen molar-refractivity contribution in [2.45, 2.75) is 0 Å². The van der Waals surface area contributed by atoms with E-state index in [0.717, 1.165) is 6.07 Å². The van der Waals surface area contributed by atoms with Gasteiger partial charge in [0.05, 0.1) is 0 Å². The lowest BCUT2D eigenvalue weighted by Gasteiger charge is -2.08. The Morgan fingerprint density at radius 1 is 1.22 bits per heavy atom. The highest BCUT2D eigenvalue weighted by atomic mass is 79.9. The molecule has 7 heteroatoms. The van der Waals surface area contributed by atoms with Gasteiger partial charge in [-0.05, 0) is 18.2 Å². The number of nitrogens with zero attached hydrogens (tertiary/aromatic N) is 1. The molecular weight excluding hydrogens is 329 g/mol. The van der Waals surface area contributed by atoms with Crippen molar-refractivity contribution < 1.29 is 13.5 Å². The average molecular weight is 336 g/mol. The summed E-state index contributed by atoms with van der Waals surface area (Å²) in [6.07, 6.45) is 0. The number of aromatic nitrogens is 1. The molecule has 0 saturated carbocycles. The van der Waals surface area contributed by atoms with E-state index in [2.05, 4.69) is 20.9 Å². The van der Waals surface area contributed by atoms with Gasteiger partial charge in [0.2, 0.25) is 11.7 Å². The van der Waals surface area contributed by atoms with Crippen molar-refractivity contribution >= 4 is 33.2 Å². The molecular formula is C11H6BrClF2N2O. The standard InChI is InChI=1S/C11H6BrClF2N2O/c12-5-1-7(14)11(15)8(2-5)18-10-4-6(16)3-9(13)17-10/h1-4H,(H2,16,17). The molecule has 1 heterocycles. The van der Waals surface area contributed by atoms with E-state index in [1.54, 1.807) is 0 Å². The Morgan fingerprint density at radius 3 is 2.61 bits per heavy atom. The summed E-state index contributed by atoms with van der Waals surface area (Å²) in [5.74, 6) is -2.47. The van der Waals surface area contributed by atoms with Crippen molar-refractivity contribution in [1.29, 1.82) is 0 Å². The largest absolute Gasteiger partial charge is 0.436 e. The van der Waals surface area contributed by atoms with Crippen LogP contribution in [0.4, 0.5) is 14.5 Å². The molecule has 0 fully saturated rings. The van der Waals surface area contributed by atoms with E-state index in [4.69, 9.17) is 22.1 Å². The van der Waals surface area contributed by atoms with Crippen LogP contribution in [-0.2, 0) is 0 Å². The molecule has 18 heavy (non-hydrogen) atoms. The van der Waals surface area contributed by atoms with Crippen molar-refractivity contribution in [3.63, 3.8) is 0 Å². The van der Waals surface area contributed by atoms with Crippen LogP contribution in [0.25, 0.3) is 0 Å². The van der Waals surface area contributed by atoms with Crippen LogP contribution in [0, 0.1) is 11.6 Å². The Labute approximate surface area is 115 Å². The third-order valence-electron chi connectivity index (χ3n) is 1.97. The maximum Gasteiger partial charge on any atom is 0.222 e. The number of benzene rings is 1. The molecule has 0 bridgehead atoms. The number of ether oxygens (including phenoxy) is 1. The second-order valence-corrected chi connectivity index (χ2v) is 4.67. The Hall–Kier alpha value is -1.40. The third kappa shape index (κ3) is 2.88. The van der Waals surface area contributed by atoms with Gasteiger partial charge in [0.1, 0.15) is 5.15 Å². The maximum atomic E-state index is 13.5. The number of halogens is 4. The molecule has 0 aliphatic carbocycles. The minimum Gasteiger partial charge on any atom is -0.436 e. The number of rotatable bonds is 2. The van der Waals surface area contributed by atoms with Crippen LogP contribution in [0.5, 0.6) is 11.6 Å². The van der Waals surface area contributed by atoms with Crippen LogP contribution in [0.3, 0.4) is 0 Å². The molecule has 0 atom stereocenters. The van der Waals surface area contributed by atoms with Gasteiger partial charge < -0.3 is 10.5 Å². The molecule has 0 amide bonds. The first-order valence-corrected chi connectivity index (χ1v) is 5.88. The summed E-state index contributed by atoms with van der Waals surface area (Å²) in [5, 5.41) is 0.0980. The van der Waals surface area contributed by atoms with Crippen molar-refractivity contribution in [2.24, 2.45) is 0 Å². The maximum absolute atomic E-state index is 13.5. The molecule has 0 aliphatic heterocycles. The number of nitrogens with two attached hydrogens (primary N) is 1. The van der Waals surface area contributed by atoms with Crippen LogP contribution >= 0.6 is 27.5 Å². The Balaban J connectivity index is 2.39. The van der Waals surface area contributed by atoms with Gasteiger partial charge in [0, 0.05) is 16.2 Å². The van der Waals surface area contributed by atoms with Gasteiger partial charge in [-0.25, -0.2) is 9.37 Å². The second-order valence-electron chi connectivity index (χ2n) is 3.36. The van der Waals surface area contributed by atoms with Crippen LogP contribution in [0.1, 0.15) is 0 Å². The zero-order chi connectivity index (χ0) is 13.3. The van der Waals surface area contributed by atoms with E-state index in [0.29, 0.717) is 10.2 Å². The zero-order valence-corrected chi connectivity index (χ0v) is 11.1. The second kappa shape index (κ2) is 5.07. The van der Waals surface area contributed by atoms with Gasteiger partial charge >= 0.3 is 0 Å². The molecule has 94 valence electrons. The minimum absolute atomic E-state index is 0.0172. The SMILES string of the molecule is Nc1cc(Cl)nc(Oc2cc(Br)cc(F)c2F)c1. The summed E-state index contributed by atoms with van der Waals surface area (Å²) in [6.45, 7) is 0. The lowest BCUT2D eigenvalue weighted by atomic mass is 10.3. The van der Waals surface area contributed by atoms with E-state index >= 15 is 0 Å². The van der Waals surface area contributed by atoms with Crippen molar-refractivity contribution in [1.82, 2.24) is 4.98 Å². The first-order chi connectivity index (χ1) is 8.45. The Bertz CT molecular complexity index is 590. The van der Waals surface area contributed by atoms with Crippen LogP contribution in [0.15, 0.2) is 28.7 Å². The van der Waals surface area contributed by atoms with Crippen LogP contribution in [-0.4, -0.2) is 4.98 Å². The fourth-order valence-corrected chi connectivity index (χ4v) is 1.88.